The summed E-state index contributed by atoms with van der Waals surface area (Å²) in [6.45, 7) is 0. The number of fused-ring (bicyclic) bond motifs is 1. The smallest absolute Gasteiger partial charge is 0.169 e. The Kier molecular flexibility index (Phi) is 4.70. The summed E-state index contributed by atoms with van der Waals surface area (Å²) >= 11 is 0. The van der Waals surface area contributed by atoms with Crippen LogP contribution in [0, 0.1) is 0 Å². The van der Waals surface area contributed by atoms with Gasteiger partial charge in [0.15, 0.2) is 17.3 Å². The molecule has 0 unspecified atom stereocenters. The van der Waals surface area contributed by atoms with Crippen molar-refractivity contribution in [2.24, 2.45) is 12.8 Å². The third-order valence-electron chi connectivity index (χ3n) is 6.74. The van der Waals surface area contributed by atoms with E-state index in [1.807, 2.05) is 42.1 Å². The lowest BCUT2D eigenvalue weighted by Gasteiger charge is -2.38. The van der Waals surface area contributed by atoms with Crippen LogP contribution in [0.4, 0.5) is 0 Å². The molecule has 8 heteroatoms. The number of aromatic nitrogens is 6. The summed E-state index contributed by atoms with van der Waals surface area (Å²) in [7, 11) is 3.55. The van der Waals surface area contributed by atoms with E-state index < -0.39 is 0 Å². The minimum atomic E-state index is -0.209. The maximum absolute atomic E-state index is 6.56. The molecule has 0 aliphatic heterocycles. The third kappa shape index (κ3) is 3.18. The van der Waals surface area contributed by atoms with Gasteiger partial charge in [-0.3, -0.25) is 9.25 Å². The molecule has 2 N–H and O–H groups in total. The Bertz CT molecular complexity index is 1500. The standard InChI is InChI=1S/C26H25N7O/c1-32-21(12-15-29-32)25-30-20-16-28-23(19-6-3-4-7-22(19)34-2)31-24(20)33(25)18-10-8-17(9-11-18)26(27)13-5-14-26/h3-4,6-12,15-16H,5,13-14,27H2,1-2H3. The second kappa shape index (κ2) is 7.78. The molecule has 0 radical (unpaired) electrons. The largest absolute Gasteiger partial charge is 0.496 e. The van der Waals surface area contributed by atoms with E-state index in [0.717, 1.165) is 41.4 Å². The molecule has 1 aliphatic rings. The van der Waals surface area contributed by atoms with Crippen molar-refractivity contribution < 1.29 is 4.74 Å². The molecule has 0 saturated heterocycles. The van der Waals surface area contributed by atoms with Gasteiger partial charge in [0, 0.05) is 24.5 Å². The number of benzene rings is 2. The number of aryl methyl sites for hydroxylation is 1. The number of nitrogens with two attached hydrogens (primary N) is 1. The SMILES string of the molecule is COc1ccccc1-c1ncc2nc(-c3ccnn3C)n(-c3ccc(C4(N)CCC4)cc3)c2n1. The summed E-state index contributed by atoms with van der Waals surface area (Å²) in [5.74, 6) is 2.05. The van der Waals surface area contributed by atoms with Crippen LogP contribution in [0.2, 0.25) is 0 Å². The highest BCUT2D eigenvalue weighted by atomic mass is 16.5. The van der Waals surface area contributed by atoms with Crippen LogP contribution >= 0.6 is 0 Å². The van der Waals surface area contributed by atoms with Gasteiger partial charge < -0.3 is 10.5 Å². The molecule has 1 aliphatic carbocycles. The van der Waals surface area contributed by atoms with Gasteiger partial charge in [0.25, 0.3) is 0 Å². The molecular weight excluding hydrogens is 426 g/mol. The monoisotopic (exact) mass is 451 g/mol. The number of hydrogen-bond donors (Lipinski definition) is 1. The van der Waals surface area contributed by atoms with Gasteiger partial charge in [0.1, 0.15) is 17.0 Å². The topological polar surface area (TPSA) is 96.7 Å². The lowest BCUT2D eigenvalue weighted by atomic mass is 9.73. The summed E-state index contributed by atoms with van der Waals surface area (Å²) in [5, 5.41) is 4.35. The minimum Gasteiger partial charge on any atom is -0.496 e. The zero-order chi connectivity index (χ0) is 23.3. The first-order chi connectivity index (χ1) is 16.6. The molecule has 0 spiro atoms. The number of para-hydroxylation sites is 1. The molecule has 0 atom stereocenters. The molecule has 3 heterocycles. The van der Waals surface area contributed by atoms with E-state index in [9.17, 15) is 0 Å². The first kappa shape index (κ1) is 20.6. The highest BCUT2D eigenvalue weighted by Gasteiger charge is 2.34. The fourth-order valence-electron chi connectivity index (χ4n) is 4.63. The molecule has 6 rings (SSSR count). The van der Waals surface area contributed by atoms with E-state index in [0.29, 0.717) is 17.0 Å². The second-order valence-corrected chi connectivity index (χ2v) is 8.77. The lowest BCUT2D eigenvalue weighted by molar-refractivity contribution is 0.253. The van der Waals surface area contributed by atoms with Gasteiger partial charge in [-0.15, -0.1) is 0 Å². The van der Waals surface area contributed by atoms with E-state index in [1.165, 1.54) is 12.0 Å². The van der Waals surface area contributed by atoms with Crippen molar-refractivity contribution in [1.82, 2.24) is 29.3 Å². The summed E-state index contributed by atoms with van der Waals surface area (Å²) in [6.07, 6.45) is 6.75. The van der Waals surface area contributed by atoms with Crippen molar-refractivity contribution >= 4 is 11.2 Å². The average Bonchev–Trinajstić information content (AvgIpc) is 3.45. The zero-order valence-corrected chi connectivity index (χ0v) is 19.1. The average molecular weight is 452 g/mol. The van der Waals surface area contributed by atoms with Crippen molar-refractivity contribution in [3.8, 4) is 34.3 Å². The van der Waals surface area contributed by atoms with Crippen molar-refractivity contribution in [2.45, 2.75) is 24.8 Å². The van der Waals surface area contributed by atoms with Gasteiger partial charge in [0.2, 0.25) is 0 Å². The van der Waals surface area contributed by atoms with Crippen molar-refractivity contribution in [2.75, 3.05) is 7.11 Å². The normalized spacial score (nSPS) is 14.8. The Morgan fingerprint density at radius 3 is 2.47 bits per heavy atom. The van der Waals surface area contributed by atoms with E-state index >= 15 is 0 Å². The maximum Gasteiger partial charge on any atom is 0.169 e. The fraction of sp³-hybridized carbons (Fsp3) is 0.231. The van der Waals surface area contributed by atoms with E-state index in [4.69, 9.17) is 20.4 Å². The zero-order valence-electron chi connectivity index (χ0n) is 19.1. The van der Waals surface area contributed by atoms with Gasteiger partial charge in [-0.25, -0.2) is 15.0 Å². The number of rotatable bonds is 5. The van der Waals surface area contributed by atoms with Gasteiger partial charge in [0.05, 0.1) is 18.9 Å². The van der Waals surface area contributed by atoms with Crippen LogP contribution in [-0.2, 0) is 12.6 Å². The van der Waals surface area contributed by atoms with Crippen molar-refractivity contribution in [3.05, 3.63) is 72.6 Å². The predicted octanol–water partition coefficient (Wildman–Crippen LogP) is 4.23. The number of ether oxygens (including phenoxy) is 1. The molecule has 170 valence electrons. The lowest BCUT2D eigenvalue weighted by Crippen LogP contribution is -2.43. The third-order valence-corrected chi connectivity index (χ3v) is 6.74. The van der Waals surface area contributed by atoms with Gasteiger partial charge in [-0.1, -0.05) is 24.3 Å². The van der Waals surface area contributed by atoms with Crippen molar-refractivity contribution in [3.63, 3.8) is 0 Å². The predicted molar refractivity (Wildman–Crippen MR) is 131 cm³/mol. The molecule has 0 bridgehead atoms. The summed E-state index contributed by atoms with van der Waals surface area (Å²) in [5.41, 5.74) is 11.6. The molecule has 5 aromatic rings. The molecule has 0 amide bonds. The van der Waals surface area contributed by atoms with Crippen LogP contribution in [0.3, 0.4) is 0 Å². The number of methoxy groups -OCH3 is 1. The molecule has 34 heavy (non-hydrogen) atoms. The first-order valence-corrected chi connectivity index (χ1v) is 11.3. The summed E-state index contributed by atoms with van der Waals surface area (Å²) < 4.78 is 9.41. The Morgan fingerprint density at radius 2 is 1.79 bits per heavy atom. The fourth-order valence-corrected chi connectivity index (χ4v) is 4.63. The van der Waals surface area contributed by atoms with E-state index in [2.05, 4.69) is 38.9 Å². The van der Waals surface area contributed by atoms with Crippen molar-refractivity contribution in [1.29, 1.82) is 0 Å². The quantitative estimate of drug-likeness (QED) is 0.430. The Balaban J connectivity index is 1.56. The number of imidazole rings is 1. The molecular formula is C26H25N7O. The molecule has 8 nitrogen and oxygen atoms in total. The highest BCUT2D eigenvalue weighted by Crippen LogP contribution is 2.39. The molecule has 1 saturated carbocycles. The first-order valence-electron chi connectivity index (χ1n) is 11.3. The second-order valence-electron chi connectivity index (χ2n) is 8.77. The van der Waals surface area contributed by atoms with Crippen LogP contribution in [0.15, 0.2) is 67.0 Å². The molecule has 2 aromatic carbocycles. The van der Waals surface area contributed by atoms with Gasteiger partial charge in [-0.05, 0) is 55.2 Å². The van der Waals surface area contributed by atoms with Crippen LogP contribution in [0.5, 0.6) is 5.75 Å². The van der Waals surface area contributed by atoms with Gasteiger partial charge in [-0.2, -0.15) is 5.10 Å². The van der Waals surface area contributed by atoms with Crippen LogP contribution in [-0.4, -0.2) is 36.4 Å². The van der Waals surface area contributed by atoms with E-state index in [-0.39, 0.29) is 5.54 Å². The van der Waals surface area contributed by atoms with Gasteiger partial charge >= 0.3 is 0 Å². The molecule has 1 fully saturated rings. The van der Waals surface area contributed by atoms with Crippen LogP contribution in [0.1, 0.15) is 24.8 Å². The summed E-state index contributed by atoms with van der Waals surface area (Å²) in [6, 6.07) is 18.1. The van der Waals surface area contributed by atoms with Crippen LogP contribution in [0.25, 0.3) is 39.8 Å². The molecule has 3 aromatic heterocycles. The highest BCUT2D eigenvalue weighted by molar-refractivity contribution is 5.81. The Labute approximate surface area is 197 Å². The van der Waals surface area contributed by atoms with E-state index in [1.54, 1.807) is 19.5 Å². The minimum absolute atomic E-state index is 0.209. The Morgan fingerprint density at radius 1 is 1.00 bits per heavy atom. The number of hydrogen-bond acceptors (Lipinski definition) is 6. The Hall–Kier alpha value is -4.04. The van der Waals surface area contributed by atoms with Crippen LogP contribution < -0.4 is 10.5 Å². The number of nitrogens with zero attached hydrogens (tertiary/aromatic N) is 6. The summed E-state index contributed by atoms with van der Waals surface area (Å²) in [4.78, 5) is 14.4. The maximum atomic E-state index is 6.56.